The van der Waals surface area contributed by atoms with Gasteiger partial charge in [-0.2, -0.15) is 0 Å². The van der Waals surface area contributed by atoms with Gasteiger partial charge in [-0.1, -0.05) is 0 Å². The van der Waals surface area contributed by atoms with E-state index in [-0.39, 0.29) is 25.0 Å². The summed E-state index contributed by atoms with van der Waals surface area (Å²) in [5.74, 6) is -1.98. The van der Waals surface area contributed by atoms with Gasteiger partial charge in [0.2, 0.25) is 5.91 Å². The quantitative estimate of drug-likeness (QED) is 0.760. The van der Waals surface area contributed by atoms with E-state index in [1.54, 1.807) is 0 Å². The third-order valence-electron chi connectivity index (χ3n) is 3.70. The number of esters is 1. The molecule has 24 heavy (non-hydrogen) atoms. The van der Waals surface area contributed by atoms with Crippen molar-refractivity contribution in [3.63, 3.8) is 0 Å². The van der Waals surface area contributed by atoms with Crippen molar-refractivity contribution in [3.8, 4) is 5.75 Å². The van der Waals surface area contributed by atoms with Crippen molar-refractivity contribution in [1.29, 1.82) is 0 Å². The number of likely N-dealkylation sites (tertiary alicyclic amines) is 1. The maximum atomic E-state index is 12.7. The Labute approximate surface area is 138 Å². The molecule has 0 unspecified atom stereocenters. The molecule has 0 radical (unpaired) electrons. The summed E-state index contributed by atoms with van der Waals surface area (Å²) in [4.78, 5) is 36.2. The number of hydrogen-bond acceptors (Lipinski definition) is 5. The van der Waals surface area contributed by atoms with Crippen LogP contribution in [0.3, 0.4) is 0 Å². The fourth-order valence-electron chi connectivity index (χ4n) is 2.38. The fourth-order valence-corrected chi connectivity index (χ4v) is 2.38. The number of piperidine rings is 1. The first-order valence-corrected chi connectivity index (χ1v) is 7.57. The third-order valence-corrected chi connectivity index (χ3v) is 3.70. The van der Waals surface area contributed by atoms with Crippen LogP contribution in [-0.2, 0) is 19.1 Å². The zero-order valence-corrected chi connectivity index (χ0v) is 13.1. The number of halogens is 1. The van der Waals surface area contributed by atoms with Gasteiger partial charge >= 0.3 is 5.97 Å². The summed E-state index contributed by atoms with van der Waals surface area (Å²) in [5, 5.41) is 0. The molecule has 1 fully saturated rings. The number of rotatable bonds is 6. The summed E-state index contributed by atoms with van der Waals surface area (Å²) >= 11 is 0. The third kappa shape index (κ3) is 5.22. The minimum Gasteiger partial charge on any atom is -0.482 e. The van der Waals surface area contributed by atoms with E-state index in [1.165, 1.54) is 29.2 Å². The molecular weight excluding hydrogens is 319 g/mol. The van der Waals surface area contributed by atoms with Crippen LogP contribution in [0.25, 0.3) is 0 Å². The van der Waals surface area contributed by atoms with E-state index in [9.17, 15) is 18.8 Å². The second kappa shape index (κ2) is 8.28. The SMILES string of the molecule is NC(=O)[C@@H]1CCCN(C(=O)COC(=O)COc2ccc(F)cc2)C1. The maximum Gasteiger partial charge on any atom is 0.344 e. The van der Waals surface area contributed by atoms with Gasteiger partial charge in [0.25, 0.3) is 5.91 Å². The van der Waals surface area contributed by atoms with Crippen molar-refractivity contribution in [2.45, 2.75) is 12.8 Å². The van der Waals surface area contributed by atoms with E-state index in [1.807, 2.05) is 0 Å². The van der Waals surface area contributed by atoms with Crippen molar-refractivity contribution in [2.24, 2.45) is 11.7 Å². The molecule has 0 saturated carbocycles. The van der Waals surface area contributed by atoms with Crippen LogP contribution in [0.1, 0.15) is 12.8 Å². The minimum atomic E-state index is -0.712. The second-order valence-corrected chi connectivity index (χ2v) is 5.48. The number of hydrogen-bond donors (Lipinski definition) is 1. The Hall–Kier alpha value is -2.64. The van der Waals surface area contributed by atoms with E-state index in [0.717, 1.165) is 0 Å². The highest BCUT2D eigenvalue weighted by Gasteiger charge is 2.27. The van der Waals surface area contributed by atoms with E-state index in [2.05, 4.69) is 0 Å². The molecule has 8 heteroatoms. The average Bonchev–Trinajstić information content (AvgIpc) is 2.59. The highest BCUT2D eigenvalue weighted by Crippen LogP contribution is 2.16. The molecule has 1 atom stereocenters. The Bertz CT molecular complexity index is 605. The summed E-state index contributed by atoms with van der Waals surface area (Å²) in [7, 11) is 0. The number of carbonyl (C=O) groups excluding carboxylic acids is 3. The first-order valence-electron chi connectivity index (χ1n) is 7.57. The van der Waals surface area contributed by atoms with Crippen LogP contribution < -0.4 is 10.5 Å². The lowest BCUT2D eigenvalue weighted by molar-refractivity contribution is -0.154. The minimum absolute atomic E-state index is 0.248. The van der Waals surface area contributed by atoms with Crippen LogP contribution in [0.5, 0.6) is 5.75 Å². The Morgan fingerprint density at radius 1 is 1.21 bits per heavy atom. The zero-order chi connectivity index (χ0) is 17.5. The van der Waals surface area contributed by atoms with Gasteiger partial charge in [-0.3, -0.25) is 9.59 Å². The molecule has 1 aromatic rings. The van der Waals surface area contributed by atoms with Crippen LogP contribution >= 0.6 is 0 Å². The number of amides is 2. The van der Waals surface area contributed by atoms with Gasteiger partial charge < -0.3 is 20.1 Å². The van der Waals surface area contributed by atoms with Gasteiger partial charge in [-0.15, -0.1) is 0 Å². The molecule has 130 valence electrons. The van der Waals surface area contributed by atoms with Crippen molar-refractivity contribution in [1.82, 2.24) is 4.90 Å². The van der Waals surface area contributed by atoms with Crippen LogP contribution in [0.2, 0.25) is 0 Å². The van der Waals surface area contributed by atoms with Crippen LogP contribution in [0.4, 0.5) is 4.39 Å². The summed E-state index contributed by atoms with van der Waals surface area (Å²) in [6, 6.07) is 5.17. The maximum absolute atomic E-state index is 12.7. The fraction of sp³-hybridized carbons (Fsp3) is 0.438. The predicted octanol–water partition coefficient (Wildman–Crippen LogP) is 0.472. The van der Waals surface area contributed by atoms with E-state index in [0.29, 0.717) is 25.1 Å². The first-order chi connectivity index (χ1) is 11.5. The van der Waals surface area contributed by atoms with Crippen LogP contribution in [0, 0.1) is 11.7 Å². The summed E-state index contributed by atoms with van der Waals surface area (Å²) in [5.41, 5.74) is 5.25. The molecule has 0 aliphatic carbocycles. The summed E-state index contributed by atoms with van der Waals surface area (Å²) in [6.45, 7) is -0.0516. The highest BCUT2D eigenvalue weighted by atomic mass is 19.1. The molecule has 0 bridgehead atoms. The monoisotopic (exact) mass is 338 g/mol. The van der Waals surface area contributed by atoms with E-state index in [4.69, 9.17) is 15.2 Å². The Kier molecular flexibility index (Phi) is 6.11. The topological polar surface area (TPSA) is 98.9 Å². The van der Waals surface area contributed by atoms with Crippen molar-refractivity contribution >= 4 is 17.8 Å². The van der Waals surface area contributed by atoms with Crippen molar-refractivity contribution < 1.29 is 28.2 Å². The largest absolute Gasteiger partial charge is 0.482 e. The van der Waals surface area contributed by atoms with Gasteiger partial charge in [0.15, 0.2) is 13.2 Å². The lowest BCUT2D eigenvalue weighted by Gasteiger charge is -2.31. The van der Waals surface area contributed by atoms with Gasteiger partial charge in [-0.25, -0.2) is 9.18 Å². The molecule has 2 amide bonds. The molecular formula is C16H19FN2O5. The number of carbonyl (C=O) groups is 3. The Morgan fingerprint density at radius 2 is 1.92 bits per heavy atom. The van der Waals surface area contributed by atoms with Gasteiger partial charge in [-0.05, 0) is 37.1 Å². The molecule has 1 saturated heterocycles. The second-order valence-electron chi connectivity index (χ2n) is 5.48. The Morgan fingerprint density at radius 3 is 2.58 bits per heavy atom. The van der Waals surface area contributed by atoms with Crippen LogP contribution in [-0.4, -0.2) is 49.0 Å². The number of benzene rings is 1. The highest BCUT2D eigenvalue weighted by molar-refractivity contribution is 5.82. The zero-order valence-electron chi connectivity index (χ0n) is 13.1. The molecule has 0 aromatic heterocycles. The molecule has 1 heterocycles. The number of nitrogens with zero attached hydrogens (tertiary/aromatic N) is 1. The first kappa shape index (κ1) is 17.7. The van der Waals surface area contributed by atoms with Gasteiger partial charge in [0.1, 0.15) is 11.6 Å². The molecule has 1 aliphatic rings. The van der Waals surface area contributed by atoms with Gasteiger partial charge in [0.05, 0.1) is 5.92 Å². The van der Waals surface area contributed by atoms with Crippen molar-refractivity contribution in [2.75, 3.05) is 26.3 Å². The number of nitrogens with two attached hydrogens (primary N) is 1. The lowest BCUT2D eigenvalue weighted by atomic mass is 9.97. The Balaban J connectivity index is 1.71. The lowest BCUT2D eigenvalue weighted by Crippen LogP contribution is -2.45. The van der Waals surface area contributed by atoms with E-state index >= 15 is 0 Å². The number of primary amides is 1. The standard InChI is InChI=1S/C16H19FN2O5/c17-12-3-5-13(6-4-12)23-10-15(21)24-9-14(20)19-7-1-2-11(8-19)16(18)22/h3-6,11H,1-2,7-10H2,(H2,18,22)/t11-/m1/s1. The van der Waals surface area contributed by atoms with Gasteiger partial charge in [0, 0.05) is 13.1 Å². The molecule has 1 aliphatic heterocycles. The normalized spacial score (nSPS) is 17.2. The van der Waals surface area contributed by atoms with Crippen LogP contribution in [0.15, 0.2) is 24.3 Å². The molecule has 1 aromatic carbocycles. The summed E-state index contributed by atoms with van der Waals surface area (Å²) < 4.78 is 22.7. The molecule has 7 nitrogen and oxygen atoms in total. The summed E-state index contributed by atoms with van der Waals surface area (Å²) in [6.07, 6.45) is 1.34. The smallest absolute Gasteiger partial charge is 0.344 e. The molecule has 0 spiro atoms. The van der Waals surface area contributed by atoms with Crippen molar-refractivity contribution in [3.05, 3.63) is 30.1 Å². The molecule has 2 N–H and O–H groups in total. The molecule has 2 rings (SSSR count). The number of ether oxygens (including phenoxy) is 2. The average molecular weight is 338 g/mol. The predicted molar refractivity (Wildman–Crippen MR) is 81.4 cm³/mol. The van der Waals surface area contributed by atoms with E-state index < -0.39 is 24.3 Å².